The Morgan fingerprint density at radius 1 is 0.711 bits per heavy atom. The molecule has 206 valence electrons. The van der Waals surface area contributed by atoms with Gasteiger partial charge in [-0.1, -0.05) is 12.1 Å². The number of nitro groups is 1. The van der Waals surface area contributed by atoms with Crippen LogP contribution in [0.5, 0.6) is 0 Å². The molecule has 0 aliphatic carbocycles. The number of nitrogen functional groups attached to an aromatic ring is 1. The zero-order valence-corrected chi connectivity index (χ0v) is 19.9. The Morgan fingerprint density at radius 2 is 1.11 bits per heavy atom. The largest absolute Gasteiger partial charge is 0.471 e. The van der Waals surface area contributed by atoms with E-state index >= 15 is 0 Å². The first-order chi connectivity index (χ1) is 17.7. The van der Waals surface area contributed by atoms with E-state index in [0.717, 1.165) is 26.5 Å². The predicted molar refractivity (Wildman–Crippen MR) is 124 cm³/mol. The fraction of sp³-hybridized carbons (Fsp3) is 0.417. The van der Waals surface area contributed by atoms with Crippen molar-refractivity contribution in [2.45, 2.75) is 38.0 Å². The Labute approximate surface area is 213 Å². The van der Waals surface area contributed by atoms with Gasteiger partial charge in [0.15, 0.2) is 0 Å². The van der Waals surface area contributed by atoms with Crippen LogP contribution in [-0.2, 0) is 35.3 Å². The van der Waals surface area contributed by atoms with Crippen LogP contribution in [0.1, 0.15) is 22.3 Å². The average Bonchev–Trinajstić information content (AvgIpc) is 3.18. The van der Waals surface area contributed by atoms with Crippen LogP contribution in [0.3, 0.4) is 0 Å². The van der Waals surface area contributed by atoms with Gasteiger partial charge in [-0.2, -0.15) is 26.3 Å². The summed E-state index contributed by atoms with van der Waals surface area (Å²) in [6.45, 7) is 0.0414. The van der Waals surface area contributed by atoms with Crippen molar-refractivity contribution in [3.05, 3.63) is 68.8 Å². The van der Waals surface area contributed by atoms with Gasteiger partial charge in [-0.3, -0.25) is 19.7 Å². The van der Waals surface area contributed by atoms with Crippen LogP contribution in [0.15, 0.2) is 36.4 Å². The van der Waals surface area contributed by atoms with Crippen molar-refractivity contribution in [1.29, 1.82) is 0 Å². The van der Waals surface area contributed by atoms with Gasteiger partial charge in [0, 0.05) is 44.0 Å². The van der Waals surface area contributed by atoms with Crippen LogP contribution in [0.2, 0.25) is 0 Å². The van der Waals surface area contributed by atoms with Crippen molar-refractivity contribution in [3.8, 4) is 0 Å². The molecule has 2 heterocycles. The zero-order chi connectivity index (χ0) is 28.3. The molecule has 8 nitrogen and oxygen atoms in total. The monoisotopic (exact) mass is 546 g/mol. The van der Waals surface area contributed by atoms with Gasteiger partial charge < -0.3 is 15.5 Å². The molecule has 38 heavy (non-hydrogen) atoms. The number of amides is 2. The van der Waals surface area contributed by atoms with E-state index in [0.29, 0.717) is 24.1 Å². The minimum atomic E-state index is -4.89. The van der Waals surface area contributed by atoms with Crippen LogP contribution in [0.4, 0.5) is 37.7 Å². The molecule has 2 aliphatic heterocycles. The predicted octanol–water partition coefficient (Wildman–Crippen LogP) is 3.84. The van der Waals surface area contributed by atoms with E-state index in [-0.39, 0.29) is 44.7 Å². The SMILES string of the molecule is Nc1ccc2c(c1)CCN(C(=O)C(F)(F)F)CC2.O=C(N1CCc2ccc([N+](=O)[O-])cc2CC1)C(F)(F)F. The number of fused-ring (bicyclic) bond motifs is 2. The van der Waals surface area contributed by atoms with Crippen LogP contribution < -0.4 is 5.73 Å². The third kappa shape index (κ3) is 7.13. The molecule has 2 amide bonds. The topological polar surface area (TPSA) is 110 Å². The second kappa shape index (κ2) is 11.3. The van der Waals surface area contributed by atoms with Gasteiger partial charge in [0.1, 0.15) is 0 Å². The summed E-state index contributed by atoms with van der Waals surface area (Å²) < 4.78 is 74.2. The first-order valence-electron chi connectivity index (χ1n) is 11.5. The number of nitrogens with two attached hydrogens (primary N) is 1. The minimum absolute atomic E-state index is 0.0385. The van der Waals surface area contributed by atoms with Crippen LogP contribution in [-0.4, -0.2) is 65.1 Å². The third-order valence-corrected chi connectivity index (χ3v) is 6.29. The number of halogens is 6. The second-order valence-electron chi connectivity index (χ2n) is 8.82. The third-order valence-electron chi connectivity index (χ3n) is 6.29. The highest BCUT2D eigenvalue weighted by molar-refractivity contribution is 5.82. The maximum absolute atomic E-state index is 12.4. The first kappa shape index (κ1) is 28.7. The van der Waals surface area contributed by atoms with E-state index in [1.165, 1.54) is 18.2 Å². The van der Waals surface area contributed by atoms with Crippen molar-refractivity contribution in [3.63, 3.8) is 0 Å². The summed E-state index contributed by atoms with van der Waals surface area (Å²) in [7, 11) is 0. The molecule has 0 aromatic heterocycles. The number of carbonyl (C=O) groups is 2. The molecule has 2 aliphatic rings. The molecule has 0 saturated heterocycles. The van der Waals surface area contributed by atoms with Gasteiger partial charge in [-0.25, -0.2) is 0 Å². The molecule has 0 atom stereocenters. The molecule has 2 aromatic carbocycles. The number of benzene rings is 2. The van der Waals surface area contributed by atoms with Gasteiger partial charge in [-0.15, -0.1) is 0 Å². The fourth-order valence-electron chi connectivity index (χ4n) is 4.33. The maximum Gasteiger partial charge on any atom is 0.471 e. The molecule has 0 unspecified atom stereocenters. The Balaban J connectivity index is 0.000000212. The number of nitrogens with zero attached hydrogens (tertiary/aromatic N) is 3. The van der Waals surface area contributed by atoms with E-state index in [1.54, 1.807) is 12.1 Å². The lowest BCUT2D eigenvalue weighted by Crippen LogP contribution is -2.42. The number of hydrogen-bond donors (Lipinski definition) is 1. The molecular formula is C24H24F6N4O4. The number of nitro benzene ring substituents is 1. The summed E-state index contributed by atoms with van der Waals surface area (Å²) in [5.41, 5.74) is 9.37. The van der Waals surface area contributed by atoms with Crippen molar-refractivity contribution in [2.24, 2.45) is 0 Å². The normalized spacial score (nSPS) is 15.7. The van der Waals surface area contributed by atoms with E-state index < -0.39 is 29.1 Å². The van der Waals surface area contributed by atoms with Crippen molar-refractivity contribution in [1.82, 2.24) is 9.80 Å². The highest BCUT2D eigenvalue weighted by Crippen LogP contribution is 2.25. The van der Waals surface area contributed by atoms with Gasteiger partial charge in [0.05, 0.1) is 4.92 Å². The minimum Gasteiger partial charge on any atom is -0.399 e. The Hall–Kier alpha value is -3.84. The van der Waals surface area contributed by atoms with E-state index in [1.807, 2.05) is 6.07 Å². The number of non-ortho nitro benzene ring substituents is 1. The van der Waals surface area contributed by atoms with E-state index in [9.17, 15) is 46.0 Å². The summed E-state index contributed by atoms with van der Waals surface area (Å²) >= 11 is 0. The molecule has 2 N–H and O–H groups in total. The van der Waals surface area contributed by atoms with E-state index in [4.69, 9.17) is 5.73 Å². The number of carbonyl (C=O) groups excluding carboxylic acids is 2. The van der Waals surface area contributed by atoms with Gasteiger partial charge in [0.2, 0.25) is 0 Å². The van der Waals surface area contributed by atoms with Crippen molar-refractivity contribution >= 4 is 23.2 Å². The molecule has 0 saturated carbocycles. The number of anilines is 1. The molecule has 0 bridgehead atoms. The number of alkyl halides is 6. The van der Waals surface area contributed by atoms with E-state index in [2.05, 4.69) is 0 Å². The van der Waals surface area contributed by atoms with Crippen molar-refractivity contribution in [2.75, 3.05) is 31.9 Å². The average molecular weight is 546 g/mol. The highest BCUT2D eigenvalue weighted by Gasteiger charge is 2.43. The molecule has 2 aromatic rings. The Morgan fingerprint density at radius 3 is 1.53 bits per heavy atom. The van der Waals surface area contributed by atoms with Gasteiger partial charge in [0.25, 0.3) is 5.69 Å². The molecule has 0 spiro atoms. The smallest absolute Gasteiger partial charge is 0.399 e. The second-order valence-corrected chi connectivity index (χ2v) is 8.82. The summed E-state index contributed by atoms with van der Waals surface area (Å²) in [4.78, 5) is 34.1. The standard InChI is InChI=1S/C12H11F3N2O3.C12H13F3N2O/c13-12(14,15)11(18)16-5-3-8-1-2-10(17(19)20)7-9(8)4-6-16;13-12(14,15)11(18)17-5-3-8-1-2-10(16)7-9(8)4-6-17/h1-2,7H,3-6H2;1-2,7H,3-6,16H2. The van der Waals surface area contributed by atoms with Crippen molar-refractivity contribution < 1.29 is 40.9 Å². The lowest BCUT2D eigenvalue weighted by molar-refractivity contribution is -0.384. The van der Waals surface area contributed by atoms with Crippen LogP contribution in [0.25, 0.3) is 0 Å². The van der Waals surface area contributed by atoms with Gasteiger partial charge >= 0.3 is 24.2 Å². The molecule has 4 rings (SSSR count). The molecule has 0 radical (unpaired) electrons. The van der Waals surface area contributed by atoms with Gasteiger partial charge in [-0.05, 0) is 60.1 Å². The lowest BCUT2D eigenvalue weighted by Gasteiger charge is -2.21. The fourth-order valence-corrected chi connectivity index (χ4v) is 4.33. The summed E-state index contributed by atoms with van der Waals surface area (Å²) in [5.74, 6) is -3.62. The highest BCUT2D eigenvalue weighted by atomic mass is 19.4. The molecular weight excluding hydrogens is 522 g/mol. The van der Waals surface area contributed by atoms with Crippen LogP contribution >= 0.6 is 0 Å². The lowest BCUT2D eigenvalue weighted by atomic mass is 10.0. The summed E-state index contributed by atoms with van der Waals surface area (Å²) in [6.07, 6.45) is -8.41. The van der Waals surface area contributed by atoms with Crippen LogP contribution in [0, 0.1) is 10.1 Å². The zero-order valence-electron chi connectivity index (χ0n) is 19.9. The summed E-state index contributed by atoms with van der Waals surface area (Å²) in [6, 6.07) is 9.51. The molecule has 0 fully saturated rings. The summed E-state index contributed by atoms with van der Waals surface area (Å²) in [5, 5.41) is 10.7. The maximum atomic E-state index is 12.4. The molecule has 14 heteroatoms. The number of rotatable bonds is 1. The first-order valence-corrected chi connectivity index (χ1v) is 11.5. The number of hydrogen-bond acceptors (Lipinski definition) is 5. The quantitative estimate of drug-likeness (QED) is 0.253. The Bertz CT molecular complexity index is 1220. The Kier molecular flexibility index (Phi) is 8.52.